The number of aromatic nitrogens is 2. The maximum absolute atomic E-state index is 12.2. The summed E-state index contributed by atoms with van der Waals surface area (Å²) < 4.78 is 0.854. The SMILES string of the molecule is C[C@H]1[C@@H](NC(=O)[C@@H](C)Sc2nncs2)CCC[C@@H]1C. The maximum Gasteiger partial charge on any atom is 0.233 e. The van der Waals surface area contributed by atoms with E-state index in [-0.39, 0.29) is 11.2 Å². The summed E-state index contributed by atoms with van der Waals surface area (Å²) in [7, 11) is 0. The van der Waals surface area contributed by atoms with Crippen molar-refractivity contribution < 1.29 is 4.79 Å². The van der Waals surface area contributed by atoms with Gasteiger partial charge in [-0.05, 0) is 25.2 Å². The van der Waals surface area contributed by atoms with E-state index in [0.29, 0.717) is 17.9 Å². The molecule has 1 N–H and O–H groups in total. The number of carbonyl (C=O) groups is 1. The summed E-state index contributed by atoms with van der Waals surface area (Å²) in [5.74, 6) is 1.38. The molecule has 106 valence electrons. The zero-order chi connectivity index (χ0) is 13.8. The summed E-state index contributed by atoms with van der Waals surface area (Å²) >= 11 is 2.96. The first-order chi connectivity index (χ1) is 9.08. The van der Waals surface area contributed by atoms with Gasteiger partial charge in [-0.1, -0.05) is 49.8 Å². The molecule has 19 heavy (non-hydrogen) atoms. The second-order valence-electron chi connectivity index (χ2n) is 5.35. The topological polar surface area (TPSA) is 54.9 Å². The lowest BCUT2D eigenvalue weighted by Crippen LogP contribution is -2.46. The number of hydrogen-bond donors (Lipinski definition) is 1. The predicted octanol–water partition coefficient (Wildman–Crippen LogP) is 2.96. The van der Waals surface area contributed by atoms with Crippen molar-refractivity contribution in [2.75, 3.05) is 0 Å². The molecule has 1 aromatic rings. The van der Waals surface area contributed by atoms with Gasteiger partial charge in [0.2, 0.25) is 5.91 Å². The normalized spacial score (nSPS) is 28.9. The van der Waals surface area contributed by atoms with Crippen LogP contribution >= 0.6 is 23.1 Å². The first kappa shape index (κ1) is 14.8. The fraction of sp³-hybridized carbons (Fsp3) is 0.769. The average molecular weight is 299 g/mol. The van der Waals surface area contributed by atoms with E-state index >= 15 is 0 Å². The van der Waals surface area contributed by atoms with Crippen LogP contribution in [0.25, 0.3) is 0 Å². The molecule has 6 heteroatoms. The van der Waals surface area contributed by atoms with E-state index in [1.807, 2.05) is 6.92 Å². The Morgan fingerprint density at radius 3 is 3.00 bits per heavy atom. The second-order valence-corrected chi connectivity index (χ2v) is 7.77. The standard InChI is InChI=1S/C13H21N3OS2/c1-8-5-4-6-11(9(8)2)15-12(17)10(3)19-13-16-14-7-18-13/h7-11H,4-6H2,1-3H3,(H,15,17)/t8-,9+,10+,11-/m0/s1. The zero-order valence-electron chi connectivity index (χ0n) is 11.6. The summed E-state index contributed by atoms with van der Waals surface area (Å²) in [4.78, 5) is 12.2. The van der Waals surface area contributed by atoms with E-state index in [1.54, 1.807) is 5.51 Å². The van der Waals surface area contributed by atoms with Crippen LogP contribution in [0.15, 0.2) is 9.85 Å². The van der Waals surface area contributed by atoms with Crippen LogP contribution in [0.4, 0.5) is 0 Å². The van der Waals surface area contributed by atoms with Crippen molar-refractivity contribution in [3.63, 3.8) is 0 Å². The Morgan fingerprint density at radius 2 is 2.32 bits per heavy atom. The number of nitrogens with one attached hydrogen (secondary N) is 1. The van der Waals surface area contributed by atoms with Gasteiger partial charge >= 0.3 is 0 Å². The van der Waals surface area contributed by atoms with E-state index in [0.717, 1.165) is 10.8 Å². The van der Waals surface area contributed by atoms with Gasteiger partial charge in [0.05, 0.1) is 5.25 Å². The van der Waals surface area contributed by atoms with Gasteiger partial charge in [0.1, 0.15) is 5.51 Å². The van der Waals surface area contributed by atoms with Gasteiger partial charge < -0.3 is 5.32 Å². The fourth-order valence-electron chi connectivity index (χ4n) is 2.50. The number of thioether (sulfide) groups is 1. The van der Waals surface area contributed by atoms with Crippen LogP contribution in [0.3, 0.4) is 0 Å². The summed E-state index contributed by atoms with van der Waals surface area (Å²) in [5.41, 5.74) is 1.69. The van der Waals surface area contributed by atoms with Gasteiger partial charge in [0.15, 0.2) is 4.34 Å². The summed E-state index contributed by atoms with van der Waals surface area (Å²) in [5, 5.41) is 10.8. The highest BCUT2D eigenvalue weighted by atomic mass is 32.2. The van der Waals surface area contributed by atoms with E-state index < -0.39 is 0 Å². The number of nitrogens with zero attached hydrogens (tertiary/aromatic N) is 2. The molecular weight excluding hydrogens is 278 g/mol. The van der Waals surface area contributed by atoms with Crippen molar-refractivity contribution in [3.05, 3.63) is 5.51 Å². The van der Waals surface area contributed by atoms with Crippen LogP contribution in [0.5, 0.6) is 0 Å². The highest BCUT2D eigenvalue weighted by Crippen LogP contribution is 2.30. The van der Waals surface area contributed by atoms with Crippen LogP contribution in [-0.2, 0) is 4.79 Å². The molecule has 0 spiro atoms. The predicted molar refractivity (Wildman–Crippen MR) is 79.3 cm³/mol. The third-order valence-electron chi connectivity index (χ3n) is 4.02. The molecular formula is C13H21N3OS2. The summed E-state index contributed by atoms with van der Waals surface area (Å²) in [6, 6.07) is 0.328. The Labute approximate surface area is 122 Å². The molecule has 1 aliphatic carbocycles. The average Bonchev–Trinajstić information content (AvgIpc) is 2.87. The van der Waals surface area contributed by atoms with E-state index in [9.17, 15) is 4.79 Å². The lowest BCUT2D eigenvalue weighted by molar-refractivity contribution is -0.121. The minimum atomic E-state index is -0.114. The Balaban J connectivity index is 1.86. The van der Waals surface area contributed by atoms with Crippen molar-refractivity contribution in [3.8, 4) is 0 Å². The van der Waals surface area contributed by atoms with Gasteiger partial charge in [-0.3, -0.25) is 4.79 Å². The smallest absolute Gasteiger partial charge is 0.233 e. The lowest BCUT2D eigenvalue weighted by Gasteiger charge is -2.35. The van der Waals surface area contributed by atoms with Gasteiger partial charge in [0, 0.05) is 6.04 Å². The van der Waals surface area contributed by atoms with E-state index in [1.165, 1.54) is 35.9 Å². The third kappa shape index (κ3) is 3.92. The molecule has 0 saturated heterocycles. The Kier molecular flexibility index (Phi) is 5.21. The molecule has 0 aromatic carbocycles. The molecule has 0 aliphatic heterocycles. The number of amides is 1. The number of carbonyl (C=O) groups excluding carboxylic acids is 1. The van der Waals surface area contributed by atoms with E-state index in [4.69, 9.17) is 0 Å². The first-order valence-corrected chi connectivity index (χ1v) is 8.57. The van der Waals surface area contributed by atoms with Crippen molar-refractivity contribution >= 4 is 29.0 Å². The molecule has 1 heterocycles. The molecule has 1 amide bonds. The van der Waals surface area contributed by atoms with Crippen LogP contribution in [0.2, 0.25) is 0 Å². The van der Waals surface area contributed by atoms with Crippen molar-refractivity contribution in [1.82, 2.24) is 15.5 Å². The third-order valence-corrected chi connectivity index (χ3v) is 5.93. The lowest BCUT2D eigenvalue weighted by atomic mass is 9.78. The van der Waals surface area contributed by atoms with Crippen molar-refractivity contribution in [2.24, 2.45) is 11.8 Å². The highest BCUT2D eigenvalue weighted by molar-refractivity contribution is 8.02. The Bertz CT molecular complexity index is 410. The number of hydrogen-bond acceptors (Lipinski definition) is 5. The second kappa shape index (κ2) is 6.70. The minimum Gasteiger partial charge on any atom is -0.352 e. The summed E-state index contributed by atoms with van der Waals surface area (Å²) in [6.07, 6.45) is 3.60. The van der Waals surface area contributed by atoms with Crippen molar-refractivity contribution in [1.29, 1.82) is 0 Å². The van der Waals surface area contributed by atoms with Crippen LogP contribution in [0.1, 0.15) is 40.0 Å². The molecule has 4 atom stereocenters. The molecule has 1 aliphatic rings. The zero-order valence-corrected chi connectivity index (χ0v) is 13.3. The molecule has 0 bridgehead atoms. The largest absolute Gasteiger partial charge is 0.352 e. The quantitative estimate of drug-likeness (QED) is 0.869. The van der Waals surface area contributed by atoms with Gasteiger partial charge in [-0.25, -0.2) is 0 Å². The van der Waals surface area contributed by atoms with E-state index in [2.05, 4.69) is 29.4 Å². The molecule has 1 aromatic heterocycles. The fourth-order valence-corrected chi connectivity index (χ4v) is 4.14. The molecule has 2 rings (SSSR count). The molecule has 0 unspecified atom stereocenters. The van der Waals surface area contributed by atoms with Crippen LogP contribution in [-0.4, -0.2) is 27.4 Å². The molecule has 1 fully saturated rings. The van der Waals surface area contributed by atoms with Gasteiger partial charge in [-0.15, -0.1) is 10.2 Å². The minimum absolute atomic E-state index is 0.114. The Morgan fingerprint density at radius 1 is 1.53 bits per heavy atom. The van der Waals surface area contributed by atoms with Gasteiger partial charge in [-0.2, -0.15) is 0 Å². The van der Waals surface area contributed by atoms with Gasteiger partial charge in [0.25, 0.3) is 0 Å². The highest BCUT2D eigenvalue weighted by Gasteiger charge is 2.29. The first-order valence-electron chi connectivity index (χ1n) is 6.81. The van der Waals surface area contributed by atoms with Crippen molar-refractivity contribution in [2.45, 2.75) is 55.7 Å². The molecule has 4 nitrogen and oxygen atoms in total. The molecule has 1 saturated carbocycles. The van der Waals surface area contributed by atoms with Crippen LogP contribution < -0.4 is 5.32 Å². The van der Waals surface area contributed by atoms with Crippen LogP contribution in [0, 0.1) is 11.8 Å². The monoisotopic (exact) mass is 299 g/mol. The number of rotatable bonds is 4. The Hall–Kier alpha value is -0.620. The maximum atomic E-state index is 12.2. The molecule has 0 radical (unpaired) electrons. The summed E-state index contributed by atoms with van der Waals surface area (Å²) in [6.45, 7) is 6.46.